The monoisotopic (exact) mass is 556 g/mol. The summed E-state index contributed by atoms with van der Waals surface area (Å²) >= 11 is 0. The van der Waals surface area contributed by atoms with E-state index in [1.165, 1.54) is 29.2 Å². The summed E-state index contributed by atoms with van der Waals surface area (Å²) in [6.45, 7) is 5.17. The zero-order valence-electron chi connectivity index (χ0n) is 22.6. The first-order valence-corrected chi connectivity index (χ1v) is 12.7. The molecule has 2 amide bonds. The van der Waals surface area contributed by atoms with Gasteiger partial charge in [-0.1, -0.05) is 0 Å². The first-order chi connectivity index (χ1) is 19.0. The maximum atomic E-state index is 13.1. The molecule has 1 aliphatic rings. The molecule has 40 heavy (non-hydrogen) atoms. The number of aromatic nitrogens is 5. The summed E-state index contributed by atoms with van der Waals surface area (Å²) in [7, 11) is 2.00. The number of carbonyl (C=O) groups is 2. The first kappa shape index (κ1) is 27.2. The van der Waals surface area contributed by atoms with E-state index < -0.39 is 18.2 Å². The van der Waals surface area contributed by atoms with Crippen LogP contribution in [0.1, 0.15) is 20.8 Å². The lowest BCUT2D eigenvalue weighted by Gasteiger charge is -2.32. The Morgan fingerprint density at radius 1 is 1.18 bits per heavy atom. The number of hydrogen-bond donors (Lipinski definition) is 2. The number of aromatic amines is 1. The fraction of sp³-hybridized carbons (Fsp3) is 0.423. The van der Waals surface area contributed by atoms with Gasteiger partial charge < -0.3 is 29.6 Å². The second kappa shape index (κ2) is 10.7. The van der Waals surface area contributed by atoms with Crippen molar-refractivity contribution in [3.8, 4) is 22.9 Å². The van der Waals surface area contributed by atoms with Gasteiger partial charge in [-0.3, -0.25) is 9.48 Å². The number of halogens is 2. The van der Waals surface area contributed by atoms with Crippen LogP contribution in [0.2, 0.25) is 0 Å². The highest BCUT2D eigenvalue weighted by atomic mass is 19.3. The number of alkyl halides is 2. The van der Waals surface area contributed by atoms with Gasteiger partial charge in [-0.25, -0.2) is 14.8 Å². The van der Waals surface area contributed by atoms with Crippen molar-refractivity contribution in [2.45, 2.75) is 39.5 Å². The fourth-order valence-electron chi connectivity index (χ4n) is 4.42. The van der Waals surface area contributed by atoms with Gasteiger partial charge in [-0.15, -0.1) is 0 Å². The van der Waals surface area contributed by atoms with Crippen LogP contribution < -0.4 is 14.8 Å². The number of rotatable bonds is 6. The van der Waals surface area contributed by atoms with E-state index in [4.69, 9.17) is 4.74 Å². The van der Waals surface area contributed by atoms with Crippen molar-refractivity contribution < 1.29 is 27.8 Å². The molecule has 1 saturated heterocycles. The van der Waals surface area contributed by atoms with Gasteiger partial charge >= 0.3 is 12.7 Å². The molecular weight excluding hydrogens is 526 g/mol. The second-order valence-corrected chi connectivity index (χ2v) is 10.6. The minimum Gasteiger partial charge on any atom is -0.435 e. The average molecular weight is 557 g/mol. The van der Waals surface area contributed by atoms with Crippen LogP contribution in [0.25, 0.3) is 33.5 Å². The summed E-state index contributed by atoms with van der Waals surface area (Å²) in [6, 6.07) is 4.41. The predicted molar refractivity (Wildman–Crippen MR) is 142 cm³/mol. The third-order valence-electron chi connectivity index (χ3n) is 6.36. The minimum atomic E-state index is -3.01. The number of piperazine rings is 1. The van der Waals surface area contributed by atoms with E-state index in [9.17, 15) is 18.4 Å². The number of nitrogens with one attached hydrogen (secondary N) is 2. The number of amides is 2. The molecule has 5 rings (SSSR count). The number of ether oxygens (including phenoxy) is 2. The van der Waals surface area contributed by atoms with Gasteiger partial charge in [0.2, 0.25) is 5.91 Å². The molecule has 0 unspecified atom stereocenters. The maximum absolute atomic E-state index is 13.1. The zero-order chi connectivity index (χ0) is 28.6. The van der Waals surface area contributed by atoms with E-state index in [0.29, 0.717) is 35.3 Å². The van der Waals surface area contributed by atoms with E-state index in [1.807, 2.05) is 27.8 Å². The molecule has 1 fully saturated rings. The zero-order valence-corrected chi connectivity index (χ0v) is 22.6. The Bertz CT molecular complexity index is 1550. The summed E-state index contributed by atoms with van der Waals surface area (Å²) < 4.78 is 37.5. The fourth-order valence-corrected chi connectivity index (χ4v) is 4.42. The van der Waals surface area contributed by atoms with Gasteiger partial charge in [-0.2, -0.15) is 13.9 Å². The van der Waals surface area contributed by atoms with E-state index >= 15 is 0 Å². The molecule has 1 aromatic carbocycles. The van der Waals surface area contributed by atoms with Crippen molar-refractivity contribution in [2.24, 2.45) is 0 Å². The Hall–Kier alpha value is -4.33. The molecule has 4 heterocycles. The number of carbonyl (C=O) groups excluding carboxylic acids is 2. The second-order valence-electron chi connectivity index (χ2n) is 10.6. The van der Waals surface area contributed by atoms with Crippen LogP contribution in [0.15, 0.2) is 30.6 Å². The number of H-pyrrole nitrogens is 1. The molecule has 14 heteroatoms. The lowest BCUT2D eigenvalue weighted by atomic mass is 10.1. The molecule has 0 bridgehead atoms. The van der Waals surface area contributed by atoms with Gasteiger partial charge in [0, 0.05) is 43.3 Å². The molecule has 4 aromatic rings. The topological polar surface area (TPSA) is 131 Å². The van der Waals surface area contributed by atoms with Crippen LogP contribution in [0, 0.1) is 0 Å². The van der Waals surface area contributed by atoms with Crippen LogP contribution in [0.3, 0.4) is 0 Å². The van der Waals surface area contributed by atoms with Crippen molar-refractivity contribution in [1.82, 2.24) is 39.8 Å². The molecule has 2 N–H and O–H groups in total. The van der Waals surface area contributed by atoms with E-state index in [1.54, 1.807) is 11.0 Å². The number of benzene rings is 1. The molecule has 0 spiro atoms. The largest absolute Gasteiger partial charge is 0.435 e. The van der Waals surface area contributed by atoms with Crippen LogP contribution in [-0.4, -0.2) is 91.9 Å². The van der Waals surface area contributed by atoms with Crippen LogP contribution >= 0.6 is 0 Å². The molecule has 0 atom stereocenters. The summed E-state index contributed by atoms with van der Waals surface area (Å²) in [6.07, 6.45) is 2.27. The molecule has 12 nitrogen and oxygen atoms in total. The van der Waals surface area contributed by atoms with Gasteiger partial charge in [0.05, 0.1) is 11.7 Å². The van der Waals surface area contributed by atoms with Gasteiger partial charge in [0.1, 0.15) is 23.7 Å². The Morgan fingerprint density at radius 2 is 1.93 bits per heavy atom. The normalized spacial score (nSPS) is 14.7. The number of likely N-dealkylation sites (N-methyl/N-ethyl adjacent to an activating group) is 1. The molecule has 0 saturated carbocycles. The molecule has 212 valence electrons. The SMILES string of the molecule is CN1CCN(C(=O)Cn2nc(-c3cnc4[nH]cc(OC(=O)NC(C)(C)C)c4n3)c3cc(OC(F)F)ccc32)CC1. The number of hydrogen-bond acceptors (Lipinski definition) is 8. The molecule has 0 aliphatic carbocycles. The van der Waals surface area contributed by atoms with Gasteiger partial charge in [-0.05, 0) is 46.0 Å². The third-order valence-corrected chi connectivity index (χ3v) is 6.36. The van der Waals surface area contributed by atoms with Crippen molar-refractivity contribution in [3.63, 3.8) is 0 Å². The van der Waals surface area contributed by atoms with E-state index in [2.05, 4.69) is 35.0 Å². The number of fused-ring (bicyclic) bond motifs is 2. The molecule has 3 aromatic heterocycles. The Morgan fingerprint density at radius 3 is 2.62 bits per heavy atom. The Balaban J connectivity index is 1.52. The summed E-state index contributed by atoms with van der Waals surface area (Å²) in [5.41, 5.74) is 1.28. The van der Waals surface area contributed by atoms with Crippen molar-refractivity contribution in [3.05, 3.63) is 30.6 Å². The van der Waals surface area contributed by atoms with Crippen molar-refractivity contribution >= 4 is 34.1 Å². The van der Waals surface area contributed by atoms with Gasteiger partial charge in [0.25, 0.3) is 0 Å². The minimum absolute atomic E-state index is 0.0452. The van der Waals surface area contributed by atoms with Crippen LogP contribution in [-0.2, 0) is 11.3 Å². The lowest BCUT2D eigenvalue weighted by Crippen LogP contribution is -2.48. The van der Waals surface area contributed by atoms with Crippen molar-refractivity contribution in [1.29, 1.82) is 0 Å². The smallest absolute Gasteiger partial charge is 0.413 e. The summed E-state index contributed by atoms with van der Waals surface area (Å²) in [4.78, 5) is 41.3. The average Bonchev–Trinajstić information content (AvgIpc) is 3.43. The predicted octanol–water partition coefficient (Wildman–Crippen LogP) is 3.24. The quantitative estimate of drug-likeness (QED) is 0.370. The standard InChI is InChI=1S/C26H30F2N8O4/c1-26(2,3)32-25(38)40-19-13-30-23-22(19)31-17(12-29-23)21-16-11-15(39-24(27)28)5-6-18(16)36(33-21)14-20(37)35-9-7-34(4)8-10-35/h5-6,11-13,24H,7-10,14H2,1-4H3,(H,29,30)(H,32,38). The maximum Gasteiger partial charge on any atom is 0.413 e. The van der Waals surface area contributed by atoms with E-state index in [0.717, 1.165) is 13.1 Å². The Kier molecular flexibility index (Phi) is 7.27. The Labute approximate surface area is 228 Å². The summed E-state index contributed by atoms with van der Waals surface area (Å²) in [5.74, 6) is -0.0151. The highest BCUT2D eigenvalue weighted by Gasteiger charge is 2.24. The molecular formula is C26H30F2N8O4. The number of nitrogens with zero attached hydrogens (tertiary/aromatic N) is 6. The highest BCUT2D eigenvalue weighted by Crippen LogP contribution is 2.32. The van der Waals surface area contributed by atoms with Crippen molar-refractivity contribution in [2.75, 3.05) is 33.2 Å². The van der Waals surface area contributed by atoms with Crippen LogP contribution in [0.4, 0.5) is 13.6 Å². The third kappa shape index (κ3) is 5.96. The first-order valence-electron chi connectivity index (χ1n) is 12.7. The molecule has 0 radical (unpaired) electrons. The summed E-state index contributed by atoms with van der Waals surface area (Å²) in [5, 5.41) is 7.80. The van der Waals surface area contributed by atoms with Crippen LogP contribution in [0.5, 0.6) is 11.5 Å². The highest BCUT2D eigenvalue weighted by molar-refractivity contribution is 5.95. The molecule has 1 aliphatic heterocycles. The lowest BCUT2D eigenvalue weighted by molar-refractivity contribution is -0.133. The van der Waals surface area contributed by atoms with E-state index in [-0.39, 0.29) is 35.2 Å². The van der Waals surface area contributed by atoms with Gasteiger partial charge in [0.15, 0.2) is 16.9 Å².